The summed E-state index contributed by atoms with van der Waals surface area (Å²) in [6.45, 7) is 3.56. The van der Waals surface area contributed by atoms with Gasteiger partial charge in [0, 0.05) is 16.7 Å². The molecule has 0 amide bonds. The van der Waals surface area contributed by atoms with Gasteiger partial charge in [-0.3, -0.25) is 4.79 Å². The lowest BCUT2D eigenvalue weighted by Crippen LogP contribution is -1.96. The summed E-state index contributed by atoms with van der Waals surface area (Å²) in [4.78, 5) is 12.1. The van der Waals surface area contributed by atoms with E-state index in [0.29, 0.717) is 16.9 Å². The summed E-state index contributed by atoms with van der Waals surface area (Å²) < 4.78 is 5.31. The first kappa shape index (κ1) is 15.6. The molecule has 2 N–H and O–H groups in total. The molecule has 0 saturated heterocycles. The van der Waals surface area contributed by atoms with Gasteiger partial charge in [0.05, 0.1) is 7.11 Å². The van der Waals surface area contributed by atoms with Crippen molar-refractivity contribution in [2.45, 2.75) is 13.8 Å². The Hall–Kier alpha value is -2.75. The van der Waals surface area contributed by atoms with E-state index >= 15 is 0 Å². The molecule has 0 spiro atoms. The average molecular weight is 298 g/mol. The number of ketones is 1. The van der Waals surface area contributed by atoms with Gasteiger partial charge in [0.15, 0.2) is 5.78 Å². The van der Waals surface area contributed by atoms with E-state index in [1.54, 1.807) is 38.1 Å². The van der Waals surface area contributed by atoms with Gasteiger partial charge in [-0.1, -0.05) is 0 Å². The van der Waals surface area contributed by atoms with E-state index in [-0.39, 0.29) is 17.3 Å². The molecule has 2 aromatic carbocycles. The number of allylic oxidation sites excluding steroid dienone is 1. The highest BCUT2D eigenvalue weighted by Crippen LogP contribution is 2.34. The van der Waals surface area contributed by atoms with Gasteiger partial charge in [-0.2, -0.15) is 0 Å². The van der Waals surface area contributed by atoms with Crippen LogP contribution >= 0.6 is 0 Å². The molecule has 0 saturated carbocycles. The van der Waals surface area contributed by atoms with Gasteiger partial charge in [0.2, 0.25) is 0 Å². The van der Waals surface area contributed by atoms with E-state index in [2.05, 4.69) is 0 Å². The molecule has 0 atom stereocenters. The van der Waals surface area contributed by atoms with E-state index in [1.165, 1.54) is 25.3 Å². The van der Waals surface area contributed by atoms with E-state index < -0.39 is 0 Å². The van der Waals surface area contributed by atoms with Gasteiger partial charge in [-0.15, -0.1) is 0 Å². The third-order valence-corrected chi connectivity index (χ3v) is 3.47. The maximum Gasteiger partial charge on any atom is 0.185 e. The molecule has 0 unspecified atom stereocenters. The van der Waals surface area contributed by atoms with Crippen LogP contribution in [0.5, 0.6) is 17.2 Å². The van der Waals surface area contributed by atoms with Crippen LogP contribution in [0.4, 0.5) is 0 Å². The fourth-order valence-corrected chi connectivity index (χ4v) is 2.27. The molecule has 114 valence electrons. The van der Waals surface area contributed by atoms with Gasteiger partial charge in [-0.25, -0.2) is 0 Å². The second-order valence-corrected chi connectivity index (χ2v) is 5.03. The number of carbonyl (C=O) groups excluding carboxylic acids is 1. The summed E-state index contributed by atoms with van der Waals surface area (Å²) in [6, 6.07) is 7.83. The van der Waals surface area contributed by atoms with Crippen LogP contribution in [0.3, 0.4) is 0 Å². The third-order valence-electron chi connectivity index (χ3n) is 3.47. The lowest BCUT2D eigenvalue weighted by molar-refractivity contribution is 0.104. The summed E-state index contributed by atoms with van der Waals surface area (Å²) in [5, 5.41) is 19.2. The topological polar surface area (TPSA) is 66.8 Å². The highest BCUT2D eigenvalue weighted by molar-refractivity contribution is 6.07. The Balaban J connectivity index is 2.34. The van der Waals surface area contributed by atoms with Gasteiger partial charge in [0.25, 0.3) is 0 Å². The number of benzene rings is 2. The molecule has 0 bridgehead atoms. The maximum atomic E-state index is 12.1. The van der Waals surface area contributed by atoms with Crippen molar-refractivity contribution in [1.82, 2.24) is 0 Å². The monoisotopic (exact) mass is 298 g/mol. The largest absolute Gasteiger partial charge is 0.508 e. The van der Waals surface area contributed by atoms with E-state index in [4.69, 9.17) is 4.74 Å². The molecular weight excluding hydrogens is 280 g/mol. The van der Waals surface area contributed by atoms with Crippen LogP contribution in [0.25, 0.3) is 6.08 Å². The second kappa shape index (κ2) is 6.35. The normalized spacial score (nSPS) is 10.9. The molecule has 0 heterocycles. The summed E-state index contributed by atoms with van der Waals surface area (Å²) in [7, 11) is 1.52. The number of carbonyl (C=O) groups is 1. The Labute approximate surface area is 129 Å². The van der Waals surface area contributed by atoms with Crippen LogP contribution in [0.1, 0.15) is 27.0 Å². The number of aromatic hydroxyl groups is 2. The number of phenolic OH excluding ortho intramolecular Hbond substituents is 2. The minimum atomic E-state index is -0.176. The molecule has 4 nitrogen and oxygen atoms in total. The van der Waals surface area contributed by atoms with Gasteiger partial charge < -0.3 is 14.9 Å². The predicted molar refractivity (Wildman–Crippen MR) is 85.6 cm³/mol. The molecule has 4 heteroatoms. The van der Waals surface area contributed by atoms with E-state index in [1.807, 2.05) is 0 Å². The molecule has 0 aliphatic rings. The van der Waals surface area contributed by atoms with Crippen LogP contribution in [-0.4, -0.2) is 23.1 Å². The summed E-state index contributed by atoms with van der Waals surface area (Å²) in [5.74, 6) is 0.675. The van der Waals surface area contributed by atoms with Crippen LogP contribution in [0.15, 0.2) is 36.4 Å². The molecule has 22 heavy (non-hydrogen) atoms. The van der Waals surface area contributed by atoms with Gasteiger partial charge >= 0.3 is 0 Å². The van der Waals surface area contributed by atoms with Crippen molar-refractivity contribution in [2.75, 3.05) is 7.11 Å². The Kier molecular flexibility index (Phi) is 4.51. The fraction of sp³-hybridized carbons (Fsp3) is 0.167. The smallest absolute Gasteiger partial charge is 0.185 e. The summed E-state index contributed by atoms with van der Waals surface area (Å²) >= 11 is 0. The van der Waals surface area contributed by atoms with E-state index in [9.17, 15) is 15.0 Å². The Morgan fingerprint density at radius 1 is 1.14 bits per heavy atom. The van der Waals surface area contributed by atoms with Gasteiger partial charge in [0.1, 0.15) is 17.2 Å². The number of aryl methyl sites for hydroxylation is 1. The Morgan fingerprint density at radius 3 is 2.36 bits per heavy atom. The zero-order chi connectivity index (χ0) is 16.3. The Morgan fingerprint density at radius 2 is 1.77 bits per heavy atom. The maximum absolute atomic E-state index is 12.1. The molecule has 2 rings (SSSR count). The number of ether oxygens (including phenoxy) is 1. The van der Waals surface area contributed by atoms with Crippen molar-refractivity contribution >= 4 is 11.9 Å². The summed E-state index contributed by atoms with van der Waals surface area (Å²) in [5.41, 5.74) is 2.57. The first-order valence-corrected chi connectivity index (χ1v) is 6.82. The fourth-order valence-electron chi connectivity index (χ4n) is 2.27. The van der Waals surface area contributed by atoms with Crippen molar-refractivity contribution in [3.63, 3.8) is 0 Å². The first-order valence-electron chi connectivity index (χ1n) is 6.82. The third kappa shape index (κ3) is 3.11. The van der Waals surface area contributed by atoms with Crippen molar-refractivity contribution in [3.05, 3.63) is 58.7 Å². The Bertz CT molecular complexity index is 728. The summed E-state index contributed by atoms with van der Waals surface area (Å²) in [6.07, 6.45) is 3.10. The van der Waals surface area contributed by atoms with Crippen molar-refractivity contribution in [2.24, 2.45) is 0 Å². The SMILES string of the molecule is COc1c(/C=C/C(=O)c2ccc(O)cc2)cc(C)c(O)c1C. The molecule has 0 fully saturated rings. The van der Waals surface area contributed by atoms with Crippen LogP contribution in [0, 0.1) is 13.8 Å². The van der Waals surface area contributed by atoms with Crippen molar-refractivity contribution < 1.29 is 19.7 Å². The molecular formula is C18H18O4. The molecule has 0 aliphatic heterocycles. The van der Waals surface area contributed by atoms with Crippen LogP contribution in [0.2, 0.25) is 0 Å². The average Bonchev–Trinajstić information content (AvgIpc) is 2.51. The first-order chi connectivity index (χ1) is 10.4. The van der Waals surface area contributed by atoms with Gasteiger partial charge in [-0.05, 0) is 61.9 Å². The number of methoxy groups -OCH3 is 1. The number of phenols is 2. The van der Waals surface area contributed by atoms with Crippen molar-refractivity contribution in [3.8, 4) is 17.2 Å². The lowest BCUT2D eigenvalue weighted by Gasteiger charge is -2.12. The minimum absolute atomic E-state index is 0.118. The van der Waals surface area contributed by atoms with Crippen molar-refractivity contribution in [1.29, 1.82) is 0 Å². The van der Waals surface area contributed by atoms with Crippen LogP contribution in [-0.2, 0) is 0 Å². The number of rotatable bonds is 4. The number of hydrogen-bond acceptors (Lipinski definition) is 4. The quantitative estimate of drug-likeness (QED) is 0.668. The predicted octanol–water partition coefficient (Wildman–Crippen LogP) is 3.62. The zero-order valence-electron chi connectivity index (χ0n) is 12.8. The van der Waals surface area contributed by atoms with E-state index in [0.717, 1.165) is 11.1 Å². The highest BCUT2D eigenvalue weighted by Gasteiger charge is 2.12. The zero-order valence-corrected chi connectivity index (χ0v) is 12.8. The standard InChI is InChI=1S/C18H18O4/c1-11-10-14(18(22-3)12(2)17(11)21)6-9-16(20)13-4-7-15(19)8-5-13/h4-10,19,21H,1-3H3/b9-6+. The highest BCUT2D eigenvalue weighted by atomic mass is 16.5. The lowest BCUT2D eigenvalue weighted by atomic mass is 10.0. The second-order valence-electron chi connectivity index (χ2n) is 5.03. The molecule has 0 aromatic heterocycles. The molecule has 0 aliphatic carbocycles. The minimum Gasteiger partial charge on any atom is -0.508 e. The number of hydrogen-bond donors (Lipinski definition) is 2. The van der Waals surface area contributed by atoms with Crippen LogP contribution < -0.4 is 4.74 Å². The molecule has 2 aromatic rings. The molecule has 0 radical (unpaired) electrons.